The van der Waals surface area contributed by atoms with Crippen LogP contribution in [0.25, 0.3) is 0 Å². The minimum absolute atomic E-state index is 0.168. The van der Waals surface area contributed by atoms with E-state index in [1.54, 1.807) is 0 Å². The van der Waals surface area contributed by atoms with Crippen LogP contribution in [0.2, 0.25) is 0 Å². The molecule has 0 heterocycles. The van der Waals surface area contributed by atoms with E-state index < -0.39 is 0 Å². The molecule has 1 N–H and O–H groups in total. The third-order valence-electron chi connectivity index (χ3n) is 1.76. The first-order valence-corrected chi connectivity index (χ1v) is 4.32. The van der Waals surface area contributed by atoms with Crippen molar-refractivity contribution in [1.29, 1.82) is 5.26 Å². The Balaban J connectivity index is 3.47. The Kier molecular flexibility index (Phi) is 5.87. The van der Waals surface area contributed by atoms with Crippen molar-refractivity contribution in [2.45, 2.75) is 27.2 Å². The van der Waals surface area contributed by atoms with Gasteiger partial charge in [0.25, 0.3) is 0 Å². The minimum Gasteiger partial charge on any atom is -0.315 e. The van der Waals surface area contributed by atoms with E-state index >= 15 is 0 Å². The van der Waals surface area contributed by atoms with Gasteiger partial charge in [-0.15, -0.1) is 0 Å². The molecule has 64 valence electrons. The molecule has 0 radical (unpaired) electrons. The fraction of sp³-hybridized carbons (Fsp3) is 0.889. The molecule has 0 saturated heterocycles. The van der Waals surface area contributed by atoms with Crippen molar-refractivity contribution in [2.24, 2.45) is 11.8 Å². The molecule has 0 aliphatic heterocycles. The fourth-order valence-corrected chi connectivity index (χ4v) is 0.865. The van der Waals surface area contributed by atoms with Crippen LogP contribution in [0.3, 0.4) is 0 Å². The predicted molar refractivity (Wildman–Crippen MR) is 47.1 cm³/mol. The molecule has 0 aromatic carbocycles. The fourth-order valence-electron chi connectivity index (χ4n) is 0.865. The van der Waals surface area contributed by atoms with E-state index in [0.717, 1.165) is 19.5 Å². The van der Waals surface area contributed by atoms with E-state index in [9.17, 15) is 0 Å². The molecule has 0 aromatic heterocycles. The Bertz CT molecular complexity index is 124. The SMILES string of the molecule is CCCNCC(C#N)C(C)C. The zero-order valence-electron chi connectivity index (χ0n) is 7.72. The molecule has 2 heteroatoms. The Morgan fingerprint density at radius 1 is 1.45 bits per heavy atom. The van der Waals surface area contributed by atoms with Gasteiger partial charge in [0.05, 0.1) is 12.0 Å². The molecule has 0 aliphatic carbocycles. The average molecular weight is 154 g/mol. The molecule has 1 unspecified atom stereocenters. The molecule has 0 amide bonds. The van der Waals surface area contributed by atoms with Crippen molar-refractivity contribution in [3.8, 4) is 6.07 Å². The number of nitrogens with zero attached hydrogens (tertiary/aromatic N) is 1. The highest BCUT2D eigenvalue weighted by Gasteiger charge is 2.10. The van der Waals surface area contributed by atoms with Gasteiger partial charge < -0.3 is 5.32 Å². The van der Waals surface area contributed by atoms with Crippen LogP contribution in [0.5, 0.6) is 0 Å². The maximum absolute atomic E-state index is 8.71. The molecule has 0 spiro atoms. The van der Waals surface area contributed by atoms with Crippen LogP contribution in [0, 0.1) is 23.2 Å². The summed E-state index contributed by atoms with van der Waals surface area (Å²) in [6, 6.07) is 2.30. The lowest BCUT2D eigenvalue weighted by Crippen LogP contribution is -2.25. The van der Waals surface area contributed by atoms with Gasteiger partial charge >= 0.3 is 0 Å². The van der Waals surface area contributed by atoms with Crippen molar-refractivity contribution in [3.63, 3.8) is 0 Å². The number of hydrogen-bond acceptors (Lipinski definition) is 2. The lowest BCUT2D eigenvalue weighted by molar-refractivity contribution is 0.443. The molecular formula is C9H18N2. The maximum Gasteiger partial charge on any atom is 0.0671 e. The Morgan fingerprint density at radius 3 is 2.45 bits per heavy atom. The van der Waals surface area contributed by atoms with E-state index in [1.165, 1.54) is 0 Å². The van der Waals surface area contributed by atoms with Gasteiger partial charge in [-0.2, -0.15) is 5.26 Å². The Labute approximate surface area is 69.6 Å². The second-order valence-electron chi connectivity index (χ2n) is 3.18. The van der Waals surface area contributed by atoms with Crippen molar-refractivity contribution in [3.05, 3.63) is 0 Å². The second-order valence-corrected chi connectivity index (χ2v) is 3.18. The molecule has 2 nitrogen and oxygen atoms in total. The molecule has 1 atom stereocenters. The van der Waals surface area contributed by atoms with Gasteiger partial charge in [0, 0.05) is 6.54 Å². The summed E-state index contributed by atoms with van der Waals surface area (Å²) < 4.78 is 0. The summed E-state index contributed by atoms with van der Waals surface area (Å²) in [5.41, 5.74) is 0. The standard InChI is InChI=1S/C9H18N2/c1-4-5-11-7-9(6-10)8(2)3/h8-9,11H,4-5,7H2,1-3H3. The van der Waals surface area contributed by atoms with Crippen molar-refractivity contribution >= 4 is 0 Å². The Hall–Kier alpha value is -0.550. The van der Waals surface area contributed by atoms with Crippen LogP contribution in [0.15, 0.2) is 0 Å². The van der Waals surface area contributed by atoms with Crippen LogP contribution in [0.1, 0.15) is 27.2 Å². The van der Waals surface area contributed by atoms with Crippen LogP contribution >= 0.6 is 0 Å². The normalized spacial score (nSPS) is 13.0. The number of rotatable bonds is 5. The first-order valence-electron chi connectivity index (χ1n) is 4.32. The van der Waals surface area contributed by atoms with Gasteiger partial charge in [0.2, 0.25) is 0 Å². The lowest BCUT2D eigenvalue weighted by Gasteiger charge is -2.12. The highest BCUT2D eigenvalue weighted by molar-refractivity contribution is 4.86. The zero-order chi connectivity index (χ0) is 8.69. The number of nitriles is 1. The van der Waals surface area contributed by atoms with Crippen LogP contribution < -0.4 is 5.32 Å². The highest BCUT2D eigenvalue weighted by atomic mass is 14.8. The monoisotopic (exact) mass is 154 g/mol. The van der Waals surface area contributed by atoms with Gasteiger partial charge in [0.1, 0.15) is 0 Å². The van der Waals surface area contributed by atoms with E-state index in [1.807, 2.05) is 0 Å². The van der Waals surface area contributed by atoms with Crippen LogP contribution in [0.4, 0.5) is 0 Å². The van der Waals surface area contributed by atoms with Crippen molar-refractivity contribution in [2.75, 3.05) is 13.1 Å². The second kappa shape index (κ2) is 6.18. The summed E-state index contributed by atoms with van der Waals surface area (Å²) >= 11 is 0. The minimum atomic E-state index is 0.168. The van der Waals surface area contributed by atoms with E-state index in [4.69, 9.17) is 5.26 Å². The number of hydrogen-bond donors (Lipinski definition) is 1. The summed E-state index contributed by atoms with van der Waals surface area (Å²) in [5, 5.41) is 12.0. The zero-order valence-corrected chi connectivity index (χ0v) is 7.72. The Morgan fingerprint density at radius 2 is 2.09 bits per heavy atom. The van der Waals surface area contributed by atoms with Crippen LogP contribution in [-0.4, -0.2) is 13.1 Å². The summed E-state index contributed by atoms with van der Waals surface area (Å²) in [5.74, 6) is 0.630. The summed E-state index contributed by atoms with van der Waals surface area (Å²) in [4.78, 5) is 0. The first-order chi connectivity index (χ1) is 5.22. The van der Waals surface area contributed by atoms with Gasteiger partial charge in [0.15, 0.2) is 0 Å². The molecule has 0 rings (SSSR count). The van der Waals surface area contributed by atoms with Crippen molar-refractivity contribution < 1.29 is 0 Å². The maximum atomic E-state index is 8.71. The predicted octanol–water partition coefficient (Wildman–Crippen LogP) is 1.78. The molecule has 0 aliphatic rings. The van der Waals surface area contributed by atoms with Gasteiger partial charge in [-0.1, -0.05) is 20.8 Å². The first kappa shape index (κ1) is 10.4. The summed E-state index contributed by atoms with van der Waals surface area (Å²) in [6.07, 6.45) is 1.14. The molecule has 0 aromatic rings. The molecule has 11 heavy (non-hydrogen) atoms. The van der Waals surface area contributed by atoms with E-state index in [0.29, 0.717) is 5.92 Å². The smallest absolute Gasteiger partial charge is 0.0671 e. The summed E-state index contributed by atoms with van der Waals surface area (Å²) in [7, 11) is 0. The topological polar surface area (TPSA) is 35.8 Å². The average Bonchev–Trinajstić information content (AvgIpc) is 1.97. The van der Waals surface area contributed by atoms with Crippen molar-refractivity contribution in [1.82, 2.24) is 5.32 Å². The molecular weight excluding hydrogens is 136 g/mol. The largest absolute Gasteiger partial charge is 0.315 e. The quantitative estimate of drug-likeness (QED) is 0.613. The lowest BCUT2D eigenvalue weighted by atomic mass is 9.98. The third-order valence-corrected chi connectivity index (χ3v) is 1.76. The number of nitrogens with one attached hydrogen (secondary N) is 1. The summed E-state index contributed by atoms with van der Waals surface area (Å²) in [6.45, 7) is 8.15. The van der Waals surface area contributed by atoms with E-state index in [-0.39, 0.29) is 5.92 Å². The highest BCUT2D eigenvalue weighted by Crippen LogP contribution is 2.07. The van der Waals surface area contributed by atoms with E-state index in [2.05, 4.69) is 32.2 Å². The molecule has 0 saturated carbocycles. The van der Waals surface area contributed by atoms with Gasteiger partial charge in [-0.25, -0.2) is 0 Å². The third kappa shape index (κ3) is 4.80. The molecule has 0 fully saturated rings. The molecule has 0 bridgehead atoms. The van der Waals surface area contributed by atoms with Gasteiger partial charge in [-0.05, 0) is 18.9 Å². The van der Waals surface area contributed by atoms with Gasteiger partial charge in [-0.3, -0.25) is 0 Å². The van der Waals surface area contributed by atoms with Crippen LogP contribution in [-0.2, 0) is 0 Å².